The molecule has 2 aromatic rings. The average Bonchev–Trinajstić information content (AvgIpc) is 2.91. The van der Waals surface area contributed by atoms with E-state index in [0.717, 1.165) is 19.4 Å². The van der Waals surface area contributed by atoms with Crippen LogP contribution in [0.3, 0.4) is 0 Å². The van der Waals surface area contributed by atoms with Gasteiger partial charge in [0.05, 0.1) is 19.8 Å². The van der Waals surface area contributed by atoms with Gasteiger partial charge in [0.15, 0.2) is 0 Å². The first-order chi connectivity index (χ1) is 10.3. The zero-order valence-corrected chi connectivity index (χ0v) is 13.0. The fourth-order valence-electron chi connectivity index (χ4n) is 2.49. The lowest BCUT2D eigenvalue weighted by atomic mass is 10.0. The summed E-state index contributed by atoms with van der Waals surface area (Å²) >= 11 is 0. The Bertz CT molecular complexity index is 551. The number of ether oxygens (including phenoxy) is 2. The number of hydrogen-bond donors (Lipinski definition) is 1. The van der Waals surface area contributed by atoms with E-state index < -0.39 is 0 Å². The van der Waals surface area contributed by atoms with Crippen LogP contribution in [0.25, 0.3) is 10.9 Å². The van der Waals surface area contributed by atoms with Gasteiger partial charge in [-0.3, -0.25) is 0 Å². The van der Waals surface area contributed by atoms with Crippen LogP contribution >= 0.6 is 0 Å². The van der Waals surface area contributed by atoms with E-state index in [4.69, 9.17) is 15.2 Å². The number of hydrogen-bond acceptors (Lipinski definition) is 3. The molecular formula is C17H26N2O2. The van der Waals surface area contributed by atoms with Crippen molar-refractivity contribution in [3.63, 3.8) is 0 Å². The van der Waals surface area contributed by atoms with E-state index in [0.29, 0.717) is 19.8 Å². The van der Waals surface area contributed by atoms with Gasteiger partial charge in [-0.25, -0.2) is 0 Å². The van der Waals surface area contributed by atoms with Gasteiger partial charge in [-0.15, -0.1) is 0 Å². The molecule has 4 nitrogen and oxygen atoms in total. The molecule has 1 aromatic carbocycles. The third kappa shape index (κ3) is 4.30. The standard InChI is InChI=1S/C17H26N2O2/c1-3-15(18)13-14-5-4-6-17-16(14)7-8-19(17)9-10-21-12-11-20-2/h4-8,15H,3,9-13,18H2,1-2H3. The lowest BCUT2D eigenvalue weighted by Crippen LogP contribution is -2.21. The minimum absolute atomic E-state index is 0.233. The van der Waals surface area contributed by atoms with Gasteiger partial charge in [0.2, 0.25) is 0 Å². The maximum absolute atomic E-state index is 6.09. The highest BCUT2D eigenvalue weighted by Gasteiger charge is 2.08. The highest BCUT2D eigenvalue weighted by Crippen LogP contribution is 2.21. The molecule has 0 aliphatic carbocycles. The number of nitrogens with zero attached hydrogens (tertiary/aromatic N) is 1. The Kier molecular flexibility index (Phi) is 6.23. The van der Waals surface area contributed by atoms with Gasteiger partial charge in [-0.2, -0.15) is 0 Å². The number of aromatic nitrogens is 1. The maximum Gasteiger partial charge on any atom is 0.0701 e. The molecule has 0 radical (unpaired) electrons. The van der Waals surface area contributed by atoms with Gasteiger partial charge in [0, 0.05) is 36.8 Å². The number of fused-ring (bicyclic) bond motifs is 1. The van der Waals surface area contributed by atoms with E-state index in [1.165, 1.54) is 16.5 Å². The van der Waals surface area contributed by atoms with Gasteiger partial charge in [0.25, 0.3) is 0 Å². The quantitative estimate of drug-likeness (QED) is 0.722. The summed E-state index contributed by atoms with van der Waals surface area (Å²) in [5, 5.41) is 1.30. The Morgan fingerprint density at radius 3 is 2.81 bits per heavy atom. The molecule has 0 aliphatic rings. The molecule has 1 unspecified atom stereocenters. The molecule has 0 saturated carbocycles. The summed E-state index contributed by atoms with van der Waals surface area (Å²) in [6.07, 6.45) is 4.07. The highest BCUT2D eigenvalue weighted by atomic mass is 16.5. The van der Waals surface area contributed by atoms with Crippen LogP contribution in [0.1, 0.15) is 18.9 Å². The summed E-state index contributed by atoms with van der Waals surface area (Å²) in [7, 11) is 1.69. The highest BCUT2D eigenvalue weighted by molar-refractivity contribution is 5.83. The first kappa shape index (κ1) is 16.0. The zero-order valence-electron chi connectivity index (χ0n) is 13.0. The van der Waals surface area contributed by atoms with Crippen molar-refractivity contribution in [3.8, 4) is 0 Å². The van der Waals surface area contributed by atoms with Crippen molar-refractivity contribution in [2.75, 3.05) is 26.9 Å². The molecule has 1 atom stereocenters. The smallest absolute Gasteiger partial charge is 0.0701 e. The Balaban J connectivity index is 2.04. The molecule has 21 heavy (non-hydrogen) atoms. The minimum atomic E-state index is 0.233. The summed E-state index contributed by atoms with van der Waals surface area (Å²) in [4.78, 5) is 0. The Morgan fingerprint density at radius 1 is 1.19 bits per heavy atom. The van der Waals surface area contributed by atoms with Crippen molar-refractivity contribution in [3.05, 3.63) is 36.0 Å². The molecule has 0 aliphatic heterocycles. The molecular weight excluding hydrogens is 264 g/mol. The van der Waals surface area contributed by atoms with Gasteiger partial charge >= 0.3 is 0 Å². The average molecular weight is 290 g/mol. The molecule has 1 heterocycles. The zero-order chi connectivity index (χ0) is 15.1. The van der Waals surface area contributed by atoms with Crippen LogP contribution in [0.5, 0.6) is 0 Å². The molecule has 0 fully saturated rings. The van der Waals surface area contributed by atoms with Crippen molar-refractivity contribution in [2.24, 2.45) is 5.73 Å². The fraction of sp³-hybridized carbons (Fsp3) is 0.529. The van der Waals surface area contributed by atoms with Crippen LogP contribution in [-0.2, 0) is 22.4 Å². The maximum atomic E-state index is 6.09. The van der Waals surface area contributed by atoms with Gasteiger partial charge in [-0.1, -0.05) is 19.1 Å². The number of rotatable bonds is 9. The van der Waals surface area contributed by atoms with Gasteiger partial charge < -0.3 is 19.8 Å². The molecule has 0 bridgehead atoms. The van der Waals surface area contributed by atoms with Crippen molar-refractivity contribution >= 4 is 10.9 Å². The fourth-order valence-corrected chi connectivity index (χ4v) is 2.49. The minimum Gasteiger partial charge on any atom is -0.382 e. The molecule has 0 amide bonds. The first-order valence-corrected chi connectivity index (χ1v) is 7.65. The molecule has 2 N–H and O–H groups in total. The van der Waals surface area contributed by atoms with Crippen LogP contribution in [0.15, 0.2) is 30.5 Å². The van der Waals surface area contributed by atoms with Crippen LogP contribution in [-0.4, -0.2) is 37.5 Å². The van der Waals surface area contributed by atoms with Gasteiger partial charge in [-0.05, 0) is 30.5 Å². The number of nitrogens with two attached hydrogens (primary N) is 1. The molecule has 2 rings (SSSR count). The van der Waals surface area contributed by atoms with E-state index in [2.05, 4.69) is 42.0 Å². The van der Waals surface area contributed by atoms with Crippen LogP contribution in [0.4, 0.5) is 0 Å². The summed E-state index contributed by atoms with van der Waals surface area (Å²) in [6, 6.07) is 8.86. The number of benzene rings is 1. The van der Waals surface area contributed by atoms with Crippen LogP contribution in [0, 0.1) is 0 Å². The van der Waals surface area contributed by atoms with Crippen molar-refractivity contribution in [1.82, 2.24) is 4.57 Å². The SMILES string of the molecule is CCC(N)Cc1cccc2c1ccn2CCOCCOC. The van der Waals surface area contributed by atoms with E-state index in [1.54, 1.807) is 7.11 Å². The van der Waals surface area contributed by atoms with Crippen molar-refractivity contribution in [2.45, 2.75) is 32.4 Å². The van der Waals surface area contributed by atoms with E-state index in [9.17, 15) is 0 Å². The monoisotopic (exact) mass is 290 g/mol. The Hall–Kier alpha value is -1.36. The van der Waals surface area contributed by atoms with E-state index in [-0.39, 0.29) is 6.04 Å². The topological polar surface area (TPSA) is 49.4 Å². The van der Waals surface area contributed by atoms with Crippen molar-refractivity contribution < 1.29 is 9.47 Å². The van der Waals surface area contributed by atoms with Crippen LogP contribution in [0.2, 0.25) is 0 Å². The summed E-state index contributed by atoms with van der Waals surface area (Å²) < 4.78 is 12.8. The second-order valence-corrected chi connectivity index (χ2v) is 5.34. The molecule has 4 heteroatoms. The van der Waals surface area contributed by atoms with E-state index in [1.807, 2.05) is 0 Å². The second kappa shape index (κ2) is 8.17. The predicted molar refractivity (Wildman–Crippen MR) is 86.6 cm³/mol. The first-order valence-electron chi connectivity index (χ1n) is 7.65. The summed E-state index contributed by atoms with van der Waals surface area (Å²) in [6.45, 7) is 4.98. The van der Waals surface area contributed by atoms with Crippen LogP contribution < -0.4 is 5.73 Å². The molecule has 0 spiro atoms. The third-order valence-corrected chi connectivity index (χ3v) is 3.82. The summed E-state index contributed by atoms with van der Waals surface area (Å²) in [5.74, 6) is 0. The van der Waals surface area contributed by atoms with E-state index >= 15 is 0 Å². The Morgan fingerprint density at radius 2 is 2.05 bits per heavy atom. The normalized spacial score (nSPS) is 12.9. The van der Waals surface area contributed by atoms with Crippen molar-refractivity contribution in [1.29, 1.82) is 0 Å². The second-order valence-electron chi connectivity index (χ2n) is 5.34. The predicted octanol–water partition coefficient (Wildman–Crippen LogP) is 2.58. The van der Waals surface area contributed by atoms with Gasteiger partial charge in [0.1, 0.15) is 0 Å². The molecule has 1 aromatic heterocycles. The Labute approximate surface area is 126 Å². The largest absolute Gasteiger partial charge is 0.382 e. The lowest BCUT2D eigenvalue weighted by Gasteiger charge is -2.11. The number of methoxy groups -OCH3 is 1. The summed E-state index contributed by atoms with van der Waals surface area (Å²) in [5.41, 5.74) is 8.68. The molecule has 116 valence electrons. The molecule has 0 saturated heterocycles. The lowest BCUT2D eigenvalue weighted by molar-refractivity contribution is 0.0670. The third-order valence-electron chi connectivity index (χ3n) is 3.82.